The zero-order chi connectivity index (χ0) is 18.1. The standard InChI is InChI=1S/C19H25NO5/c1-23-15-8-9-16(17(12-15)24-2)19(22)25-13-18(21)20-11-10-14-6-4-3-5-7-14/h6,8-9,12H,3-5,7,10-11,13H2,1-2H3,(H,20,21). The van der Waals surface area contributed by atoms with Crippen LogP contribution in [-0.2, 0) is 9.53 Å². The maximum absolute atomic E-state index is 12.1. The zero-order valence-electron chi connectivity index (χ0n) is 14.8. The first-order valence-electron chi connectivity index (χ1n) is 8.47. The Hall–Kier alpha value is -2.50. The van der Waals surface area contributed by atoms with Crippen molar-refractivity contribution < 1.29 is 23.8 Å². The Labute approximate surface area is 148 Å². The molecule has 0 radical (unpaired) electrons. The van der Waals surface area contributed by atoms with Crippen LogP contribution in [0.1, 0.15) is 42.5 Å². The third-order valence-electron chi connectivity index (χ3n) is 4.12. The highest BCUT2D eigenvalue weighted by atomic mass is 16.5. The Bertz CT molecular complexity index is 639. The molecule has 6 nitrogen and oxygen atoms in total. The highest BCUT2D eigenvalue weighted by Crippen LogP contribution is 2.25. The third kappa shape index (κ3) is 5.81. The molecule has 0 atom stereocenters. The van der Waals surface area contributed by atoms with E-state index >= 15 is 0 Å². The number of carbonyl (C=O) groups excluding carboxylic acids is 2. The van der Waals surface area contributed by atoms with E-state index in [9.17, 15) is 9.59 Å². The molecular formula is C19H25NO5. The van der Waals surface area contributed by atoms with Gasteiger partial charge in [-0.1, -0.05) is 11.6 Å². The maximum atomic E-state index is 12.1. The molecule has 0 heterocycles. The van der Waals surface area contributed by atoms with Crippen LogP contribution in [0, 0.1) is 0 Å². The molecule has 1 amide bonds. The Morgan fingerprint density at radius 3 is 2.68 bits per heavy atom. The lowest BCUT2D eigenvalue weighted by atomic mass is 9.97. The number of allylic oxidation sites excluding steroid dienone is 1. The van der Waals surface area contributed by atoms with Crippen molar-refractivity contribution in [1.29, 1.82) is 0 Å². The normalized spacial score (nSPS) is 13.6. The van der Waals surface area contributed by atoms with Crippen molar-refractivity contribution in [1.82, 2.24) is 5.32 Å². The molecule has 6 heteroatoms. The molecule has 0 unspecified atom stereocenters. The minimum absolute atomic E-state index is 0.253. The van der Waals surface area contributed by atoms with Gasteiger partial charge in [0.25, 0.3) is 5.91 Å². The predicted molar refractivity (Wildman–Crippen MR) is 94.0 cm³/mol. The Morgan fingerprint density at radius 2 is 2.00 bits per heavy atom. The van der Waals surface area contributed by atoms with Crippen molar-refractivity contribution in [2.45, 2.75) is 32.1 Å². The van der Waals surface area contributed by atoms with Gasteiger partial charge in [-0.25, -0.2) is 4.79 Å². The minimum atomic E-state index is -0.607. The van der Waals surface area contributed by atoms with Crippen molar-refractivity contribution in [2.24, 2.45) is 0 Å². The third-order valence-corrected chi connectivity index (χ3v) is 4.12. The van der Waals surface area contributed by atoms with Gasteiger partial charge in [0.1, 0.15) is 17.1 Å². The van der Waals surface area contributed by atoms with E-state index in [0.29, 0.717) is 18.0 Å². The van der Waals surface area contributed by atoms with Gasteiger partial charge in [0, 0.05) is 12.6 Å². The van der Waals surface area contributed by atoms with Crippen LogP contribution in [-0.4, -0.2) is 39.2 Å². The Morgan fingerprint density at radius 1 is 1.16 bits per heavy atom. The van der Waals surface area contributed by atoms with Gasteiger partial charge in [-0.05, 0) is 44.2 Å². The van der Waals surface area contributed by atoms with Gasteiger partial charge in [-0.15, -0.1) is 0 Å². The smallest absolute Gasteiger partial charge is 0.342 e. The number of amides is 1. The first kappa shape index (κ1) is 18.8. The fraction of sp³-hybridized carbons (Fsp3) is 0.474. The van der Waals surface area contributed by atoms with E-state index in [4.69, 9.17) is 14.2 Å². The number of rotatable bonds is 8. The molecule has 1 aliphatic rings. The van der Waals surface area contributed by atoms with Gasteiger partial charge in [0.2, 0.25) is 0 Å². The summed E-state index contributed by atoms with van der Waals surface area (Å²) >= 11 is 0. The second-order valence-electron chi connectivity index (χ2n) is 5.85. The van der Waals surface area contributed by atoms with Crippen LogP contribution in [0.4, 0.5) is 0 Å². The molecule has 2 rings (SSSR count). The monoisotopic (exact) mass is 347 g/mol. The van der Waals surface area contributed by atoms with Crippen LogP contribution in [0.3, 0.4) is 0 Å². The molecular weight excluding hydrogens is 322 g/mol. The number of nitrogens with one attached hydrogen (secondary N) is 1. The van der Waals surface area contributed by atoms with Crippen molar-refractivity contribution in [3.63, 3.8) is 0 Å². The maximum Gasteiger partial charge on any atom is 0.342 e. The van der Waals surface area contributed by atoms with Crippen molar-refractivity contribution in [3.8, 4) is 11.5 Å². The molecule has 0 saturated heterocycles. The topological polar surface area (TPSA) is 73.9 Å². The summed E-state index contributed by atoms with van der Waals surface area (Å²) in [5.41, 5.74) is 1.65. The molecule has 0 aromatic heterocycles. The van der Waals surface area contributed by atoms with E-state index in [0.717, 1.165) is 19.3 Å². The Kier molecular flexibility index (Phi) is 7.32. The van der Waals surface area contributed by atoms with E-state index in [-0.39, 0.29) is 18.1 Å². The van der Waals surface area contributed by atoms with Gasteiger partial charge in [0.05, 0.1) is 14.2 Å². The van der Waals surface area contributed by atoms with Gasteiger partial charge in [-0.3, -0.25) is 4.79 Å². The van der Waals surface area contributed by atoms with Gasteiger partial charge >= 0.3 is 5.97 Å². The summed E-state index contributed by atoms with van der Waals surface area (Å²) in [7, 11) is 2.98. The van der Waals surface area contributed by atoms with Crippen LogP contribution in [0.2, 0.25) is 0 Å². The summed E-state index contributed by atoms with van der Waals surface area (Å²) < 4.78 is 15.3. The average molecular weight is 347 g/mol. The first-order valence-corrected chi connectivity index (χ1v) is 8.47. The molecule has 1 aromatic carbocycles. The largest absolute Gasteiger partial charge is 0.497 e. The fourth-order valence-electron chi connectivity index (χ4n) is 2.72. The van der Waals surface area contributed by atoms with E-state index in [1.54, 1.807) is 18.2 Å². The number of esters is 1. The second kappa shape index (κ2) is 9.71. The summed E-state index contributed by atoms with van der Waals surface area (Å²) in [6, 6.07) is 4.78. The Balaban J connectivity index is 1.77. The number of ether oxygens (including phenoxy) is 3. The molecule has 0 aliphatic heterocycles. The van der Waals surface area contributed by atoms with Crippen LogP contribution in [0.5, 0.6) is 11.5 Å². The van der Waals surface area contributed by atoms with Crippen LogP contribution in [0.25, 0.3) is 0 Å². The summed E-state index contributed by atoms with van der Waals surface area (Å²) in [6.45, 7) is 0.251. The number of carbonyl (C=O) groups is 2. The second-order valence-corrected chi connectivity index (χ2v) is 5.85. The van der Waals surface area contributed by atoms with Crippen molar-refractivity contribution in [3.05, 3.63) is 35.4 Å². The lowest BCUT2D eigenvalue weighted by Gasteiger charge is -2.13. The van der Waals surface area contributed by atoms with Crippen LogP contribution < -0.4 is 14.8 Å². The lowest BCUT2D eigenvalue weighted by molar-refractivity contribution is -0.124. The summed E-state index contributed by atoms with van der Waals surface area (Å²) in [5.74, 6) is -0.000894. The highest BCUT2D eigenvalue weighted by molar-refractivity contribution is 5.94. The first-order chi connectivity index (χ1) is 12.1. The van der Waals surface area contributed by atoms with Crippen LogP contribution in [0.15, 0.2) is 29.8 Å². The molecule has 136 valence electrons. The van der Waals surface area contributed by atoms with Gasteiger partial charge < -0.3 is 19.5 Å². The van der Waals surface area contributed by atoms with Crippen LogP contribution >= 0.6 is 0 Å². The molecule has 1 N–H and O–H groups in total. The van der Waals surface area contributed by atoms with E-state index in [1.807, 2.05) is 0 Å². The number of methoxy groups -OCH3 is 2. The summed E-state index contributed by atoms with van der Waals surface area (Å²) in [5, 5.41) is 2.78. The quantitative estimate of drug-likeness (QED) is 0.578. The van der Waals surface area contributed by atoms with Crippen molar-refractivity contribution in [2.75, 3.05) is 27.4 Å². The molecule has 0 saturated carbocycles. The van der Waals surface area contributed by atoms with E-state index < -0.39 is 5.97 Å². The summed E-state index contributed by atoms with van der Waals surface area (Å²) in [6.07, 6.45) is 7.83. The highest BCUT2D eigenvalue weighted by Gasteiger charge is 2.16. The average Bonchev–Trinajstić information content (AvgIpc) is 2.66. The molecule has 0 fully saturated rings. The molecule has 0 spiro atoms. The predicted octanol–water partition coefficient (Wildman–Crippen LogP) is 2.87. The lowest BCUT2D eigenvalue weighted by Crippen LogP contribution is -2.30. The minimum Gasteiger partial charge on any atom is -0.497 e. The number of hydrogen-bond donors (Lipinski definition) is 1. The van der Waals surface area contributed by atoms with Crippen molar-refractivity contribution >= 4 is 11.9 Å². The molecule has 1 aromatic rings. The zero-order valence-corrected chi connectivity index (χ0v) is 14.8. The van der Waals surface area contributed by atoms with E-state index in [1.165, 1.54) is 32.6 Å². The van der Waals surface area contributed by atoms with Gasteiger partial charge in [0.15, 0.2) is 6.61 Å². The van der Waals surface area contributed by atoms with E-state index in [2.05, 4.69) is 11.4 Å². The fourth-order valence-corrected chi connectivity index (χ4v) is 2.72. The molecule has 25 heavy (non-hydrogen) atoms. The molecule has 0 bridgehead atoms. The molecule has 1 aliphatic carbocycles. The summed E-state index contributed by atoms with van der Waals surface area (Å²) in [4.78, 5) is 23.9. The number of hydrogen-bond acceptors (Lipinski definition) is 5. The number of benzene rings is 1. The van der Waals surface area contributed by atoms with Gasteiger partial charge in [-0.2, -0.15) is 0 Å². The SMILES string of the molecule is COc1ccc(C(=O)OCC(=O)NCCC2=CCCCC2)c(OC)c1.